The van der Waals surface area contributed by atoms with Gasteiger partial charge in [-0.25, -0.2) is 8.91 Å². The zero-order chi connectivity index (χ0) is 30.8. The molecule has 3 aromatic heterocycles. The molecule has 9 nitrogen and oxygen atoms in total. The lowest BCUT2D eigenvalue weighted by molar-refractivity contribution is 0.102. The Bertz CT molecular complexity index is 2050. The molecule has 2 N–H and O–H groups in total. The molecule has 0 bridgehead atoms. The van der Waals surface area contributed by atoms with Gasteiger partial charge in [0.05, 0.1) is 19.4 Å². The summed E-state index contributed by atoms with van der Waals surface area (Å²) in [5, 5.41) is 17.0. The van der Waals surface area contributed by atoms with E-state index in [1.54, 1.807) is 54.2 Å². The first-order valence-corrected chi connectivity index (χ1v) is 13.7. The smallest absolute Gasteiger partial charge is 0.271 e. The molecule has 6 aromatic rings. The van der Waals surface area contributed by atoms with E-state index in [2.05, 4.69) is 10.4 Å². The Hall–Kier alpha value is -5.74. The minimum Gasteiger partial charge on any atom is -0.496 e. The second-order valence-electron chi connectivity index (χ2n) is 9.99. The maximum absolute atomic E-state index is 15.4. The molecule has 0 saturated carbocycles. The highest BCUT2D eigenvalue weighted by Gasteiger charge is 2.21. The fourth-order valence-corrected chi connectivity index (χ4v) is 4.96. The number of amides is 1. The van der Waals surface area contributed by atoms with Gasteiger partial charge in [-0.15, -0.1) is 0 Å². The number of aliphatic hydroxyl groups is 1. The van der Waals surface area contributed by atoms with Crippen molar-refractivity contribution in [3.8, 4) is 34.1 Å². The van der Waals surface area contributed by atoms with Crippen LogP contribution in [0.2, 0.25) is 0 Å². The van der Waals surface area contributed by atoms with Gasteiger partial charge >= 0.3 is 0 Å². The number of carbonyl (C=O) groups excluding carboxylic acids is 1. The van der Waals surface area contributed by atoms with Crippen molar-refractivity contribution in [2.75, 3.05) is 12.4 Å². The number of pyridine rings is 1. The summed E-state index contributed by atoms with van der Waals surface area (Å²) >= 11 is 0. The zero-order valence-corrected chi connectivity index (χ0v) is 23.8. The number of carbonyl (C=O) groups is 1. The van der Waals surface area contributed by atoms with Crippen molar-refractivity contribution in [2.45, 2.75) is 13.0 Å². The average Bonchev–Trinajstić information content (AvgIpc) is 3.48. The van der Waals surface area contributed by atoms with Crippen molar-refractivity contribution in [1.29, 1.82) is 0 Å². The molecule has 0 aliphatic heterocycles. The number of aliphatic hydroxyl groups excluding tert-OH is 1. The van der Waals surface area contributed by atoms with Gasteiger partial charge in [-0.1, -0.05) is 36.4 Å². The molecular formula is C34H27FN4O5. The monoisotopic (exact) mass is 590 g/mol. The number of para-hydroxylation sites is 1. The Labute approximate surface area is 251 Å². The number of nitrogens with zero attached hydrogens (tertiary/aromatic N) is 3. The number of halogens is 1. The molecule has 1 amide bonds. The zero-order valence-electron chi connectivity index (χ0n) is 23.8. The van der Waals surface area contributed by atoms with Gasteiger partial charge in [0.25, 0.3) is 11.5 Å². The van der Waals surface area contributed by atoms with Crippen LogP contribution < -0.4 is 20.3 Å². The molecular weight excluding hydrogens is 563 g/mol. The van der Waals surface area contributed by atoms with E-state index in [9.17, 15) is 14.7 Å². The van der Waals surface area contributed by atoms with Gasteiger partial charge in [0.15, 0.2) is 17.3 Å². The molecule has 0 saturated heterocycles. The highest BCUT2D eigenvalue weighted by molar-refractivity contribution is 6.06. The molecule has 220 valence electrons. The highest BCUT2D eigenvalue weighted by Crippen LogP contribution is 2.36. The maximum atomic E-state index is 15.4. The minimum atomic E-state index is -0.752. The Morgan fingerprint density at radius 2 is 1.75 bits per heavy atom. The fraction of sp³-hybridized carbons (Fsp3) is 0.0882. The molecule has 1 unspecified atom stereocenters. The van der Waals surface area contributed by atoms with E-state index in [0.717, 1.165) is 22.8 Å². The Morgan fingerprint density at radius 3 is 2.50 bits per heavy atom. The molecule has 10 heteroatoms. The lowest BCUT2D eigenvalue weighted by Gasteiger charge is -2.14. The Kier molecular flexibility index (Phi) is 7.65. The van der Waals surface area contributed by atoms with Crippen molar-refractivity contribution < 1.29 is 23.8 Å². The first-order valence-electron chi connectivity index (χ1n) is 13.7. The summed E-state index contributed by atoms with van der Waals surface area (Å²) in [6.45, 7) is 1.69. The van der Waals surface area contributed by atoms with E-state index in [1.165, 1.54) is 36.1 Å². The van der Waals surface area contributed by atoms with Gasteiger partial charge in [-0.05, 0) is 60.5 Å². The van der Waals surface area contributed by atoms with Crippen LogP contribution in [-0.4, -0.2) is 32.3 Å². The van der Waals surface area contributed by atoms with Crippen molar-refractivity contribution in [3.63, 3.8) is 0 Å². The molecule has 6 rings (SSSR count). The van der Waals surface area contributed by atoms with Gasteiger partial charge in [-0.2, -0.15) is 5.10 Å². The highest BCUT2D eigenvalue weighted by atomic mass is 19.1. The largest absolute Gasteiger partial charge is 0.496 e. The van der Waals surface area contributed by atoms with Crippen molar-refractivity contribution in [3.05, 3.63) is 137 Å². The number of anilines is 1. The SMILES string of the molecule is COc1ccn(-c2ccccc2)c(=O)c1C(=O)Nc1ccc(Oc2ccnn3ccc(-c4cccc(C(C)O)c4)c23)c(F)c1. The van der Waals surface area contributed by atoms with Gasteiger partial charge in [0.1, 0.15) is 16.8 Å². The first kappa shape index (κ1) is 28.4. The van der Waals surface area contributed by atoms with Crippen LogP contribution in [0.15, 0.2) is 114 Å². The van der Waals surface area contributed by atoms with Gasteiger partial charge in [0, 0.05) is 41.5 Å². The van der Waals surface area contributed by atoms with Crippen LogP contribution in [0.5, 0.6) is 17.2 Å². The summed E-state index contributed by atoms with van der Waals surface area (Å²) in [5.41, 5.74) is 2.88. The minimum absolute atomic E-state index is 0.0790. The Balaban J connectivity index is 1.28. The molecule has 0 aliphatic rings. The number of fused-ring (bicyclic) bond motifs is 1. The summed E-state index contributed by atoms with van der Waals surface area (Å²) in [6, 6.07) is 25.3. The third-order valence-corrected chi connectivity index (χ3v) is 7.14. The number of ether oxygens (including phenoxy) is 2. The lowest BCUT2D eigenvalue weighted by atomic mass is 10.0. The number of hydrogen-bond acceptors (Lipinski definition) is 6. The van der Waals surface area contributed by atoms with E-state index in [1.807, 2.05) is 36.4 Å². The summed E-state index contributed by atoms with van der Waals surface area (Å²) in [7, 11) is 1.36. The lowest BCUT2D eigenvalue weighted by Crippen LogP contribution is -2.28. The molecule has 3 aromatic carbocycles. The molecule has 44 heavy (non-hydrogen) atoms. The number of benzene rings is 3. The van der Waals surface area contributed by atoms with Crippen molar-refractivity contribution in [1.82, 2.24) is 14.2 Å². The number of aromatic nitrogens is 3. The summed E-state index contributed by atoms with van der Waals surface area (Å²) in [6.07, 6.45) is 4.19. The van der Waals surface area contributed by atoms with Crippen molar-refractivity contribution in [2.24, 2.45) is 0 Å². The second-order valence-corrected chi connectivity index (χ2v) is 9.99. The van der Waals surface area contributed by atoms with Crippen LogP contribution in [0.4, 0.5) is 10.1 Å². The second kappa shape index (κ2) is 11.9. The maximum Gasteiger partial charge on any atom is 0.271 e. The topological polar surface area (TPSA) is 107 Å². The molecule has 0 fully saturated rings. The summed E-state index contributed by atoms with van der Waals surface area (Å²) in [4.78, 5) is 26.5. The quantitative estimate of drug-likeness (QED) is 0.213. The average molecular weight is 591 g/mol. The predicted molar refractivity (Wildman–Crippen MR) is 164 cm³/mol. The number of rotatable bonds is 8. The van der Waals surface area contributed by atoms with E-state index >= 15 is 4.39 Å². The van der Waals surface area contributed by atoms with Crippen LogP contribution in [-0.2, 0) is 0 Å². The normalized spacial score (nSPS) is 11.7. The van der Waals surface area contributed by atoms with Crippen molar-refractivity contribution >= 4 is 17.1 Å². The van der Waals surface area contributed by atoms with E-state index in [-0.39, 0.29) is 22.7 Å². The fourth-order valence-electron chi connectivity index (χ4n) is 4.96. The Morgan fingerprint density at radius 1 is 0.932 bits per heavy atom. The van der Waals surface area contributed by atoms with Gasteiger partial charge in [0.2, 0.25) is 0 Å². The molecule has 0 spiro atoms. The third-order valence-electron chi connectivity index (χ3n) is 7.14. The first-order chi connectivity index (χ1) is 21.3. The van der Waals surface area contributed by atoms with Gasteiger partial charge < -0.3 is 19.9 Å². The molecule has 3 heterocycles. The number of hydrogen-bond donors (Lipinski definition) is 2. The van der Waals surface area contributed by atoms with Crippen LogP contribution in [0.25, 0.3) is 22.3 Å². The summed E-state index contributed by atoms with van der Waals surface area (Å²) in [5.74, 6) is -1.12. The van der Waals surface area contributed by atoms with E-state index in [0.29, 0.717) is 17.0 Å². The van der Waals surface area contributed by atoms with Crippen LogP contribution >= 0.6 is 0 Å². The van der Waals surface area contributed by atoms with E-state index < -0.39 is 23.4 Å². The van der Waals surface area contributed by atoms with Crippen LogP contribution in [0, 0.1) is 5.82 Å². The third kappa shape index (κ3) is 5.41. The van der Waals surface area contributed by atoms with E-state index in [4.69, 9.17) is 9.47 Å². The van der Waals surface area contributed by atoms with Gasteiger partial charge in [-0.3, -0.25) is 14.2 Å². The molecule has 0 aliphatic carbocycles. The number of methoxy groups -OCH3 is 1. The standard InChI is InChI=1S/C34H27FN4O5/c1-21(40)22-7-6-8-23(19-22)26-14-18-39-32(26)30(13-16-36-39)44-28-12-11-24(20-27(28)35)37-33(41)31-29(43-2)15-17-38(34(31)42)25-9-4-3-5-10-25/h3-21,40H,1-2H3,(H,37,41). The number of nitrogens with one attached hydrogen (secondary N) is 1. The van der Waals surface area contributed by atoms with Crippen LogP contribution in [0.3, 0.4) is 0 Å². The molecule has 1 atom stereocenters. The molecule has 0 radical (unpaired) electrons. The van der Waals surface area contributed by atoms with Crippen LogP contribution in [0.1, 0.15) is 28.9 Å². The predicted octanol–water partition coefficient (Wildman–Crippen LogP) is 6.40. The summed E-state index contributed by atoms with van der Waals surface area (Å²) < 4.78 is 29.6.